The Morgan fingerprint density at radius 2 is 2.17 bits per heavy atom. The number of aryl methyl sites for hydroxylation is 1. The summed E-state index contributed by atoms with van der Waals surface area (Å²) in [5.74, 6) is 0.719. The van der Waals surface area contributed by atoms with Gasteiger partial charge in [0, 0.05) is 24.2 Å². The summed E-state index contributed by atoms with van der Waals surface area (Å²) in [6.45, 7) is 9.17. The van der Waals surface area contributed by atoms with E-state index in [1.54, 1.807) is 5.56 Å². The van der Waals surface area contributed by atoms with E-state index >= 15 is 0 Å². The van der Waals surface area contributed by atoms with Crippen molar-refractivity contribution in [3.8, 4) is 0 Å². The molecule has 0 bridgehead atoms. The minimum Gasteiger partial charge on any atom is -0.368 e. The van der Waals surface area contributed by atoms with E-state index in [0.29, 0.717) is 6.04 Å². The van der Waals surface area contributed by atoms with Gasteiger partial charge in [-0.15, -0.1) is 0 Å². The maximum absolute atomic E-state index is 3.25. The Morgan fingerprint density at radius 3 is 2.83 bits per heavy atom. The maximum atomic E-state index is 3.25. The van der Waals surface area contributed by atoms with E-state index in [2.05, 4.69) is 49.2 Å². The zero-order valence-corrected chi connectivity index (χ0v) is 12.2. The molecule has 1 N–H and O–H groups in total. The van der Waals surface area contributed by atoms with E-state index in [-0.39, 0.29) is 0 Å². The molecule has 1 aliphatic rings. The van der Waals surface area contributed by atoms with Gasteiger partial charge >= 0.3 is 0 Å². The van der Waals surface area contributed by atoms with E-state index in [4.69, 9.17) is 0 Å². The molecular formula is C16H26N2. The lowest BCUT2D eigenvalue weighted by Crippen LogP contribution is -2.29. The molecule has 0 spiro atoms. The number of nitrogens with zero attached hydrogens (tertiary/aromatic N) is 1. The van der Waals surface area contributed by atoms with Gasteiger partial charge in [0.25, 0.3) is 0 Å². The van der Waals surface area contributed by atoms with Crippen molar-refractivity contribution < 1.29 is 0 Å². The fourth-order valence-electron chi connectivity index (χ4n) is 3.12. The fraction of sp³-hybridized carbons (Fsp3) is 0.625. The number of benzene rings is 1. The van der Waals surface area contributed by atoms with E-state index in [9.17, 15) is 0 Å². The van der Waals surface area contributed by atoms with Crippen LogP contribution in [0.15, 0.2) is 18.2 Å². The molecule has 1 aromatic rings. The lowest BCUT2D eigenvalue weighted by atomic mass is 9.93. The molecule has 0 saturated carbocycles. The van der Waals surface area contributed by atoms with Crippen LogP contribution < -0.4 is 10.2 Å². The third-order valence-corrected chi connectivity index (χ3v) is 4.04. The predicted molar refractivity (Wildman–Crippen MR) is 79.6 cm³/mol. The van der Waals surface area contributed by atoms with Gasteiger partial charge in [-0.2, -0.15) is 0 Å². The zero-order valence-electron chi connectivity index (χ0n) is 12.2. The molecule has 0 aliphatic carbocycles. The molecule has 0 aromatic heterocycles. The van der Waals surface area contributed by atoms with Gasteiger partial charge in [0.2, 0.25) is 0 Å². The lowest BCUT2D eigenvalue weighted by Gasteiger charge is -2.24. The second kappa shape index (κ2) is 5.75. The van der Waals surface area contributed by atoms with Crippen molar-refractivity contribution in [3.05, 3.63) is 29.3 Å². The average Bonchev–Trinajstić information content (AvgIpc) is 2.70. The van der Waals surface area contributed by atoms with E-state index in [1.807, 2.05) is 7.05 Å². The summed E-state index contributed by atoms with van der Waals surface area (Å²) in [6.07, 6.45) is 2.56. The van der Waals surface area contributed by atoms with Crippen molar-refractivity contribution in [2.75, 3.05) is 25.0 Å². The van der Waals surface area contributed by atoms with E-state index in [0.717, 1.165) is 12.5 Å². The van der Waals surface area contributed by atoms with E-state index in [1.165, 1.54) is 30.6 Å². The molecule has 1 unspecified atom stereocenters. The van der Waals surface area contributed by atoms with Crippen molar-refractivity contribution >= 4 is 5.69 Å². The summed E-state index contributed by atoms with van der Waals surface area (Å²) in [6, 6.07) is 7.34. The Morgan fingerprint density at radius 1 is 1.39 bits per heavy atom. The second-order valence-corrected chi connectivity index (χ2v) is 5.70. The molecule has 100 valence electrons. The average molecular weight is 246 g/mol. The molecule has 0 saturated heterocycles. The molecule has 0 amide bonds. The summed E-state index contributed by atoms with van der Waals surface area (Å²) >= 11 is 0. The molecule has 1 heterocycles. The molecule has 18 heavy (non-hydrogen) atoms. The van der Waals surface area contributed by atoms with Gasteiger partial charge in [0.1, 0.15) is 0 Å². The maximum Gasteiger partial charge on any atom is 0.0407 e. The van der Waals surface area contributed by atoms with Crippen LogP contribution in [0.25, 0.3) is 0 Å². The quantitative estimate of drug-likeness (QED) is 0.802. The van der Waals surface area contributed by atoms with Crippen LogP contribution in [0.2, 0.25) is 0 Å². The number of hydrogen-bond acceptors (Lipinski definition) is 2. The highest BCUT2D eigenvalue weighted by molar-refractivity contribution is 5.63. The highest BCUT2D eigenvalue weighted by Gasteiger charge is 2.30. The molecule has 1 aromatic carbocycles. The zero-order chi connectivity index (χ0) is 13.1. The lowest BCUT2D eigenvalue weighted by molar-refractivity contribution is 0.570. The van der Waals surface area contributed by atoms with Gasteiger partial charge in [-0.1, -0.05) is 12.1 Å². The summed E-state index contributed by atoms with van der Waals surface area (Å²) in [5, 5.41) is 3.25. The third kappa shape index (κ3) is 2.54. The first-order valence-corrected chi connectivity index (χ1v) is 7.16. The van der Waals surface area contributed by atoms with Crippen LogP contribution in [0.3, 0.4) is 0 Å². The Kier molecular flexibility index (Phi) is 4.28. The van der Waals surface area contributed by atoms with Crippen LogP contribution in [0.1, 0.15) is 43.7 Å². The highest BCUT2D eigenvalue weighted by Crippen LogP contribution is 2.41. The number of hydrogen-bond donors (Lipinski definition) is 1. The van der Waals surface area contributed by atoms with Crippen LogP contribution in [0.5, 0.6) is 0 Å². The van der Waals surface area contributed by atoms with Crippen LogP contribution in [-0.4, -0.2) is 26.2 Å². The number of rotatable bonds is 5. The van der Waals surface area contributed by atoms with Crippen molar-refractivity contribution in [2.24, 2.45) is 0 Å². The van der Waals surface area contributed by atoms with Crippen molar-refractivity contribution in [3.63, 3.8) is 0 Å². The van der Waals surface area contributed by atoms with Gasteiger partial charge < -0.3 is 10.2 Å². The molecule has 1 aliphatic heterocycles. The summed E-state index contributed by atoms with van der Waals surface area (Å²) in [5.41, 5.74) is 4.53. The largest absolute Gasteiger partial charge is 0.368 e. The smallest absolute Gasteiger partial charge is 0.0407 e. The van der Waals surface area contributed by atoms with Crippen molar-refractivity contribution in [2.45, 2.75) is 45.6 Å². The van der Waals surface area contributed by atoms with Crippen LogP contribution in [-0.2, 0) is 0 Å². The summed E-state index contributed by atoms with van der Waals surface area (Å²) < 4.78 is 0. The monoisotopic (exact) mass is 246 g/mol. The number of anilines is 1. The van der Waals surface area contributed by atoms with E-state index < -0.39 is 0 Å². The van der Waals surface area contributed by atoms with Gasteiger partial charge in [0.05, 0.1) is 0 Å². The van der Waals surface area contributed by atoms with Crippen LogP contribution in [0, 0.1) is 6.92 Å². The number of nitrogens with one attached hydrogen (secondary N) is 1. The first kappa shape index (κ1) is 13.4. The number of fused-ring (bicyclic) bond motifs is 1. The minimum atomic E-state index is 0.597. The Labute approximate surface area is 111 Å². The van der Waals surface area contributed by atoms with Gasteiger partial charge in [-0.3, -0.25) is 0 Å². The molecule has 1 atom stereocenters. The molecule has 2 nitrogen and oxygen atoms in total. The summed E-state index contributed by atoms with van der Waals surface area (Å²) in [7, 11) is 2.04. The van der Waals surface area contributed by atoms with Crippen molar-refractivity contribution in [1.29, 1.82) is 0 Å². The fourth-order valence-corrected chi connectivity index (χ4v) is 3.12. The predicted octanol–water partition coefficient (Wildman–Crippen LogP) is 3.31. The first-order chi connectivity index (χ1) is 8.65. The van der Waals surface area contributed by atoms with Crippen LogP contribution >= 0.6 is 0 Å². The van der Waals surface area contributed by atoms with Gasteiger partial charge in [0.15, 0.2) is 0 Å². The first-order valence-electron chi connectivity index (χ1n) is 7.16. The molecule has 2 heteroatoms. The normalized spacial score (nSPS) is 18.5. The Balaban J connectivity index is 2.21. The van der Waals surface area contributed by atoms with Gasteiger partial charge in [-0.25, -0.2) is 0 Å². The Bertz CT molecular complexity index is 398. The Hall–Kier alpha value is -1.02. The van der Waals surface area contributed by atoms with Crippen molar-refractivity contribution in [1.82, 2.24) is 5.32 Å². The third-order valence-electron chi connectivity index (χ3n) is 4.04. The SMILES string of the molecule is CNCCCC1CN(C(C)C)c2cccc(C)c21. The second-order valence-electron chi connectivity index (χ2n) is 5.70. The topological polar surface area (TPSA) is 15.3 Å². The molecule has 0 fully saturated rings. The molecule has 0 radical (unpaired) electrons. The summed E-state index contributed by atoms with van der Waals surface area (Å²) in [4.78, 5) is 2.56. The standard InChI is InChI=1S/C16H26N2/c1-12(2)18-11-14(8-6-10-17-4)16-13(3)7-5-9-15(16)18/h5,7,9,12,14,17H,6,8,10-11H2,1-4H3. The molecular weight excluding hydrogens is 220 g/mol. The highest BCUT2D eigenvalue weighted by atomic mass is 15.2. The molecule has 2 rings (SSSR count). The van der Waals surface area contributed by atoms with Gasteiger partial charge in [-0.05, 0) is 64.4 Å². The van der Waals surface area contributed by atoms with Crippen LogP contribution in [0.4, 0.5) is 5.69 Å². The minimum absolute atomic E-state index is 0.597.